The van der Waals surface area contributed by atoms with Crippen LogP contribution in [0.3, 0.4) is 0 Å². The first-order valence-corrected chi connectivity index (χ1v) is 6.59. The van der Waals surface area contributed by atoms with Crippen LogP contribution in [0.1, 0.15) is 18.5 Å². The van der Waals surface area contributed by atoms with Crippen molar-refractivity contribution in [1.29, 1.82) is 0 Å². The molecule has 0 saturated carbocycles. The van der Waals surface area contributed by atoms with Crippen molar-refractivity contribution in [2.24, 2.45) is 0 Å². The second-order valence-corrected chi connectivity index (χ2v) is 4.83. The lowest BCUT2D eigenvalue weighted by atomic mass is 10.1. The first-order valence-electron chi connectivity index (χ1n) is 6.59. The van der Waals surface area contributed by atoms with Gasteiger partial charge in [-0.25, -0.2) is 4.39 Å². The molecule has 1 atom stereocenters. The van der Waals surface area contributed by atoms with Crippen molar-refractivity contribution in [3.05, 3.63) is 72.2 Å². The third-order valence-electron chi connectivity index (χ3n) is 3.33. The highest BCUT2D eigenvalue weighted by Crippen LogP contribution is 2.22. The molecule has 0 saturated heterocycles. The van der Waals surface area contributed by atoms with E-state index in [2.05, 4.69) is 16.4 Å². The quantitative estimate of drug-likeness (QED) is 0.752. The molecular formula is C17H15FN2. The highest BCUT2D eigenvalue weighted by molar-refractivity contribution is 5.82. The molecule has 20 heavy (non-hydrogen) atoms. The van der Waals surface area contributed by atoms with Crippen LogP contribution in [0.15, 0.2) is 60.8 Å². The number of nitrogens with zero attached hydrogens (tertiary/aromatic N) is 1. The summed E-state index contributed by atoms with van der Waals surface area (Å²) in [7, 11) is 0. The molecule has 1 N–H and O–H groups in total. The van der Waals surface area contributed by atoms with E-state index in [9.17, 15) is 4.39 Å². The van der Waals surface area contributed by atoms with Gasteiger partial charge >= 0.3 is 0 Å². The number of halogens is 1. The Hall–Kier alpha value is -2.42. The molecule has 0 bridgehead atoms. The van der Waals surface area contributed by atoms with E-state index in [0.717, 1.165) is 22.2 Å². The summed E-state index contributed by atoms with van der Waals surface area (Å²) in [6, 6.07) is 16.7. The van der Waals surface area contributed by atoms with Gasteiger partial charge in [0.05, 0.1) is 5.52 Å². The number of rotatable bonds is 3. The van der Waals surface area contributed by atoms with E-state index in [1.165, 1.54) is 6.07 Å². The summed E-state index contributed by atoms with van der Waals surface area (Å²) in [5, 5.41) is 4.47. The SMILES string of the molecule is CC(Nc1ccc2ncccc2c1)c1cccc(F)c1. The van der Waals surface area contributed by atoms with Crippen molar-refractivity contribution in [2.75, 3.05) is 5.32 Å². The minimum absolute atomic E-state index is 0.0415. The largest absolute Gasteiger partial charge is 0.379 e. The van der Waals surface area contributed by atoms with E-state index in [1.54, 1.807) is 18.3 Å². The van der Waals surface area contributed by atoms with Gasteiger partial charge < -0.3 is 5.32 Å². The maximum Gasteiger partial charge on any atom is 0.123 e. The van der Waals surface area contributed by atoms with E-state index < -0.39 is 0 Å². The lowest BCUT2D eigenvalue weighted by Gasteiger charge is -2.16. The third-order valence-corrected chi connectivity index (χ3v) is 3.33. The van der Waals surface area contributed by atoms with Crippen LogP contribution in [0.25, 0.3) is 10.9 Å². The van der Waals surface area contributed by atoms with Gasteiger partial charge in [0.1, 0.15) is 5.82 Å². The van der Waals surface area contributed by atoms with Crippen LogP contribution >= 0.6 is 0 Å². The average Bonchev–Trinajstić information content (AvgIpc) is 2.47. The van der Waals surface area contributed by atoms with Crippen molar-refractivity contribution in [3.8, 4) is 0 Å². The van der Waals surface area contributed by atoms with Gasteiger partial charge in [0.25, 0.3) is 0 Å². The Kier molecular flexibility index (Phi) is 3.33. The van der Waals surface area contributed by atoms with Crippen LogP contribution in [-0.4, -0.2) is 4.98 Å². The van der Waals surface area contributed by atoms with E-state index in [4.69, 9.17) is 0 Å². The molecule has 1 heterocycles. The number of hydrogen-bond donors (Lipinski definition) is 1. The topological polar surface area (TPSA) is 24.9 Å². The predicted octanol–water partition coefficient (Wildman–Crippen LogP) is 4.55. The second-order valence-electron chi connectivity index (χ2n) is 4.83. The van der Waals surface area contributed by atoms with Crippen LogP contribution in [0.4, 0.5) is 10.1 Å². The van der Waals surface area contributed by atoms with Crippen LogP contribution in [0.5, 0.6) is 0 Å². The molecule has 1 unspecified atom stereocenters. The lowest BCUT2D eigenvalue weighted by molar-refractivity contribution is 0.623. The van der Waals surface area contributed by atoms with Crippen LogP contribution < -0.4 is 5.32 Å². The Morgan fingerprint density at radius 2 is 1.95 bits per heavy atom. The molecule has 0 aliphatic heterocycles. The highest BCUT2D eigenvalue weighted by atomic mass is 19.1. The molecule has 0 aliphatic carbocycles. The Morgan fingerprint density at radius 3 is 2.80 bits per heavy atom. The van der Waals surface area contributed by atoms with Gasteiger partial charge in [-0.1, -0.05) is 18.2 Å². The zero-order valence-corrected chi connectivity index (χ0v) is 11.2. The molecule has 100 valence electrons. The summed E-state index contributed by atoms with van der Waals surface area (Å²) in [5.41, 5.74) is 2.90. The maximum absolute atomic E-state index is 13.2. The van der Waals surface area contributed by atoms with Crippen LogP contribution in [0.2, 0.25) is 0 Å². The fourth-order valence-corrected chi connectivity index (χ4v) is 2.27. The Labute approximate surface area is 117 Å². The normalized spacial score (nSPS) is 12.3. The van der Waals surface area contributed by atoms with Crippen molar-refractivity contribution in [1.82, 2.24) is 4.98 Å². The third kappa shape index (κ3) is 2.62. The molecule has 0 aliphatic rings. The van der Waals surface area contributed by atoms with E-state index >= 15 is 0 Å². The van der Waals surface area contributed by atoms with Crippen molar-refractivity contribution < 1.29 is 4.39 Å². The fourth-order valence-electron chi connectivity index (χ4n) is 2.27. The number of nitrogens with one attached hydrogen (secondary N) is 1. The van der Waals surface area contributed by atoms with Gasteiger partial charge in [0.2, 0.25) is 0 Å². The maximum atomic E-state index is 13.2. The first-order chi connectivity index (χ1) is 9.72. The molecule has 3 aromatic rings. The van der Waals surface area contributed by atoms with Gasteiger partial charge in [0.15, 0.2) is 0 Å². The molecule has 3 rings (SSSR count). The van der Waals surface area contributed by atoms with Gasteiger partial charge in [-0.2, -0.15) is 0 Å². The standard InChI is InChI=1S/C17H15FN2/c1-12(13-4-2-6-15(18)10-13)20-16-7-8-17-14(11-16)5-3-9-19-17/h2-12,20H,1H3. The Morgan fingerprint density at radius 1 is 1.05 bits per heavy atom. The van der Waals surface area contributed by atoms with Crippen molar-refractivity contribution in [2.45, 2.75) is 13.0 Å². The molecule has 2 nitrogen and oxygen atoms in total. The fraction of sp³-hybridized carbons (Fsp3) is 0.118. The van der Waals surface area contributed by atoms with Gasteiger partial charge in [-0.05, 0) is 48.9 Å². The summed E-state index contributed by atoms with van der Waals surface area (Å²) in [5.74, 6) is -0.209. The van der Waals surface area contributed by atoms with E-state index in [1.807, 2.05) is 37.3 Å². The summed E-state index contributed by atoms with van der Waals surface area (Å²) >= 11 is 0. The van der Waals surface area contributed by atoms with Crippen molar-refractivity contribution >= 4 is 16.6 Å². The number of benzene rings is 2. The summed E-state index contributed by atoms with van der Waals surface area (Å²) < 4.78 is 13.2. The number of anilines is 1. The Bertz CT molecular complexity index is 740. The zero-order chi connectivity index (χ0) is 13.9. The summed E-state index contributed by atoms with van der Waals surface area (Å²) in [6.07, 6.45) is 1.78. The van der Waals surface area contributed by atoms with Gasteiger partial charge in [-0.15, -0.1) is 0 Å². The van der Waals surface area contributed by atoms with Gasteiger partial charge in [-0.3, -0.25) is 4.98 Å². The highest BCUT2D eigenvalue weighted by Gasteiger charge is 2.06. The van der Waals surface area contributed by atoms with Crippen LogP contribution in [0, 0.1) is 5.82 Å². The van der Waals surface area contributed by atoms with Crippen LogP contribution in [-0.2, 0) is 0 Å². The molecule has 1 aromatic heterocycles. The summed E-state index contributed by atoms with van der Waals surface area (Å²) in [6.45, 7) is 2.02. The molecule has 0 fully saturated rings. The summed E-state index contributed by atoms with van der Waals surface area (Å²) in [4.78, 5) is 4.29. The van der Waals surface area contributed by atoms with Crippen molar-refractivity contribution in [3.63, 3.8) is 0 Å². The minimum Gasteiger partial charge on any atom is -0.379 e. The molecule has 2 aromatic carbocycles. The zero-order valence-electron chi connectivity index (χ0n) is 11.2. The smallest absolute Gasteiger partial charge is 0.123 e. The number of fused-ring (bicyclic) bond motifs is 1. The average molecular weight is 266 g/mol. The molecule has 0 spiro atoms. The number of aromatic nitrogens is 1. The molecule has 0 radical (unpaired) electrons. The molecule has 0 amide bonds. The van der Waals surface area contributed by atoms with E-state index in [0.29, 0.717) is 0 Å². The Balaban J connectivity index is 1.85. The number of hydrogen-bond acceptors (Lipinski definition) is 2. The minimum atomic E-state index is -0.209. The monoisotopic (exact) mass is 266 g/mol. The predicted molar refractivity (Wildman–Crippen MR) is 80.2 cm³/mol. The first kappa shape index (κ1) is 12.6. The molecule has 3 heteroatoms. The van der Waals surface area contributed by atoms with Gasteiger partial charge in [0, 0.05) is 23.3 Å². The lowest BCUT2D eigenvalue weighted by Crippen LogP contribution is -2.06. The second kappa shape index (κ2) is 5.29. The number of pyridine rings is 1. The molecular weight excluding hydrogens is 251 g/mol. The van der Waals surface area contributed by atoms with E-state index in [-0.39, 0.29) is 11.9 Å².